The first-order valence-electron chi connectivity index (χ1n) is 4.20. The van der Waals surface area contributed by atoms with Crippen molar-refractivity contribution in [1.82, 2.24) is 0 Å². The lowest BCUT2D eigenvalue weighted by Crippen LogP contribution is -2.64. The molecule has 1 nitrogen and oxygen atoms in total. The third-order valence-corrected chi connectivity index (χ3v) is 3.54. The molecule has 1 atom stereocenters. The summed E-state index contributed by atoms with van der Waals surface area (Å²) < 4.78 is 26.0. The summed E-state index contributed by atoms with van der Waals surface area (Å²) in [5, 5.41) is 0. The van der Waals surface area contributed by atoms with Gasteiger partial charge in [0.2, 0.25) is 0 Å². The van der Waals surface area contributed by atoms with E-state index < -0.39 is 11.3 Å². The summed E-state index contributed by atoms with van der Waals surface area (Å²) in [7, 11) is 0. The summed E-state index contributed by atoms with van der Waals surface area (Å²) >= 11 is 0. The molecule has 0 aromatic carbocycles. The second kappa shape index (κ2) is 1.94. The average molecular weight is 161 g/mol. The first kappa shape index (κ1) is 7.47. The Morgan fingerprint density at radius 3 is 2.18 bits per heavy atom. The summed E-state index contributed by atoms with van der Waals surface area (Å²) in [5.41, 5.74) is 4.76. The second-order valence-corrected chi connectivity index (χ2v) is 3.85. The first-order valence-corrected chi connectivity index (χ1v) is 4.20. The number of halogens is 2. The van der Waals surface area contributed by atoms with Gasteiger partial charge in [0.05, 0.1) is 0 Å². The van der Waals surface area contributed by atoms with E-state index in [1.165, 1.54) is 0 Å². The third-order valence-electron chi connectivity index (χ3n) is 3.54. The fourth-order valence-corrected chi connectivity index (χ4v) is 2.52. The highest BCUT2D eigenvalue weighted by Gasteiger charge is 2.69. The number of hydrogen-bond acceptors (Lipinski definition) is 1. The van der Waals surface area contributed by atoms with Crippen LogP contribution in [0.25, 0.3) is 0 Å². The standard InChI is InChI=1S/C8H13F2N/c9-8(10)4-6(5-11)7(8)2-1-3-7/h6H,1-5,11H2. The van der Waals surface area contributed by atoms with Crippen LogP contribution in [-0.2, 0) is 0 Å². The van der Waals surface area contributed by atoms with Crippen molar-refractivity contribution >= 4 is 0 Å². The smallest absolute Gasteiger partial charge is 0.254 e. The van der Waals surface area contributed by atoms with Gasteiger partial charge in [-0.1, -0.05) is 6.42 Å². The maximum Gasteiger partial charge on any atom is 0.254 e. The van der Waals surface area contributed by atoms with E-state index in [-0.39, 0.29) is 12.3 Å². The van der Waals surface area contributed by atoms with Gasteiger partial charge < -0.3 is 5.73 Å². The first-order chi connectivity index (χ1) is 5.12. The van der Waals surface area contributed by atoms with Gasteiger partial charge in [0.25, 0.3) is 5.92 Å². The molecule has 1 spiro atoms. The highest BCUT2D eigenvalue weighted by atomic mass is 19.3. The number of hydrogen-bond donors (Lipinski definition) is 1. The molecule has 0 bridgehead atoms. The fraction of sp³-hybridized carbons (Fsp3) is 1.00. The Morgan fingerprint density at radius 1 is 1.36 bits per heavy atom. The Morgan fingerprint density at radius 2 is 2.00 bits per heavy atom. The highest BCUT2D eigenvalue weighted by molar-refractivity contribution is 5.12. The van der Waals surface area contributed by atoms with Gasteiger partial charge in [0, 0.05) is 11.8 Å². The molecule has 3 heteroatoms. The Kier molecular flexibility index (Phi) is 1.32. The Labute approximate surface area is 65.0 Å². The summed E-state index contributed by atoms with van der Waals surface area (Å²) in [5.74, 6) is -2.29. The number of alkyl halides is 2. The molecule has 0 aromatic heterocycles. The van der Waals surface area contributed by atoms with E-state index in [1.54, 1.807) is 0 Å². The van der Waals surface area contributed by atoms with Crippen LogP contribution >= 0.6 is 0 Å². The summed E-state index contributed by atoms with van der Waals surface area (Å²) in [6.07, 6.45) is 2.39. The number of rotatable bonds is 1. The quantitative estimate of drug-likeness (QED) is 0.623. The zero-order chi connectivity index (χ0) is 8.11. The van der Waals surface area contributed by atoms with Gasteiger partial charge in [-0.3, -0.25) is 0 Å². The predicted molar refractivity (Wildman–Crippen MR) is 38.4 cm³/mol. The lowest BCUT2D eigenvalue weighted by atomic mass is 9.47. The van der Waals surface area contributed by atoms with Crippen molar-refractivity contribution in [3.05, 3.63) is 0 Å². The van der Waals surface area contributed by atoms with E-state index in [0.717, 1.165) is 6.42 Å². The van der Waals surface area contributed by atoms with Gasteiger partial charge in [-0.15, -0.1) is 0 Å². The van der Waals surface area contributed by atoms with Gasteiger partial charge in [0.1, 0.15) is 0 Å². The van der Waals surface area contributed by atoms with Gasteiger partial charge >= 0.3 is 0 Å². The zero-order valence-electron chi connectivity index (χ0n) is 6.45. The van der Waals surface area contributed by atoms with Crippen LogP contribution in [0.1, 0.15) is 25.7 Å². The van der Waals surface area contributed by atoms with Crippen LogP contribution in [0, 0.1) is 11.3 Å². The summed E-state index contributed by atoms with van der Waals surface area (Å²) in [6, 6.07) is 0. The molecule has 0 aliphatic heterocycles. The molecule has 0 aromatic rings. The summed E-state index contributed by atoms with van der Waals surface area (Å²) in [4.78, 5) is 0. The molecule has 2 rings (SSSR count). The van der Waals surface area contributed by atoms with E-state index in [1.807, 2.05) is 0 Å². The Bertz CT molecular complexity index is 175. The van der Waals surface area contributed by atoms with Crippen molar-refractivity contribution in [3.8, 4) is 0 Å². The third kappa shape index (κ3) is 0.675. The molecule has 0 amide bonds. The minimum Gasteiger partial charge on any atom is -0.330 e. The normalized spacial score (nSPS) is 37.9. The van der Waals surface area contributed by atoms with Crippen LogP contribution < -0.4 is 5.73 Å². The van der Waals surface area contributed by atoms with E-state index in [4.69, 9.17) is 5.73 Å². The van der Waals surface area contributed by atoms with Crippen molar-refractivity contribution in [1.29, 1.82) is 0 Å². The van der Waals surface area contributed by atoms with Crippen LogP contribution in [0.15, 0.2) is 0 Å². The van der Waals surface area contributed by atoms with Crippen molar-refractivity contribution in [2.75, 3.05) is 6.54 Å². The van der Waals surface area contributed by atoms with Crippen LogP contribution in [0.4, 0.5) is 8.78 Å². The molecule has 0 saturated heterocycles. The molecular formula is C8H13F2N. The van der Waals surface area contributed by atoms with E-state index in [2.05, 4.69) is 0 Å². The van der Waals surface area contributed by atoms with E-state index >= 15 is 0 Å². The van der Waals surface area contributed by atoms with Crippen molar-refractivity contribution in [2.24, 2.45) is 17.1 Å². The van der Waals surface area contributed by atoms with Gasteiger partial charge in [-0.25, -0.2) is 8.78 Å². The van der Waals surface area contributed by atoms with Crippen LogP contribution in [0.5, 0.6) is 0 Å². The molecule has 2 saturated carbocycles. The van der Waals surface area contributed by atoms with Crippen LogP contribution in [0.2, 0.25) is 0 Å². The van der Waals surface area contributed by atoms with Crippen LogP contribution in [0.3, 0.4) is 0 Å². The topological polar surface area (TPSA) is 26.0 Å². The maximum atomic E-state index is 13.0. The molecule has 11 heavy (non-hydrogen) atoms. The lowest BCUT2D eigenvalue weighted by Gasteiger charge is -2.60. The van der Waals surface area contributed by atoms with Crippen molar-refractivity contribution in [3.63, 3.8) is 0 Å². The average Bonchev–Trinajstić information content (AvgIpc) is 1.79. The molecule has 0 heterocycles. The molecule has 0 radical (unpaired) electrons. The van der Waals surface area contributed by atoms with Crippen LogP contribution in [-0.4, -0.2) is 12.5 Å². The van der Waals surface area contributed by atoms with Gasteiger partial charge in [0.15, 0.2) is 0 Å². The SMILES string of the molecule is NCC1CC(F)(F)C12CCC2. The minimum atomic E-state index is -2.39. The molecule has 2 fully saturated rings. The maximum absolute atomic E-state index is 13.0. The largest absolute Gasteiger partial charge is 0.330 e. The second-order valence-electron chi connectivity index (χ2n) is 3.85. The zero-order valence-corrected chi connectivity index (χ0v) is 6.45. The molecule has 2 aliphatic rings. The molecule has 2 aliphatic carbocycles. The number of nitrogens with two attached hydrogens (primary N) is 1. The molecular weight excluding hydrogens is 148 g/mol. The minimum absolute atomic E-state index is 0.0312. The monoisotopic (exact) mass is 161 g/mol. The summed E-state index contributed by atoms with van der Waals surface area (Å²) in [6.45, 7) is 0.440. The molecule has 1 unspecified atom stereocenters. The molecule has 2 N–H and O–H groups in total. The highest BCUT2D eigenvalue weighted by Crippen LogP contribution is 2.67. The van der Waals surface area contributed by atoms with Crippen molar-refractivity contribution < 1.29 is 8.78 Å². The van der Waals surface area contributed by atoms with Gasteiger partial charge in [-0.05, 0) is 25.3 Å². The fourth-order valence-electron chi connectivity index (χ4n) is 2.52. The lowest BCUT2D eigenvalue weighted by molar-refractivity contribution is -0.275. The predicted octanol–water partition coefficient (Wildman–Crippen LogP) is 1.77. The Balaban J connectivity index is 2.13. The molecule has 64 valence electrons. The van der Waals surface area contributed by atoms with Crippen molar-refractivity contribution in [2.45, 2.75) is 31.6 Å². The van der Waals surface area contributed by atoms with Gasteiger partial charge in [-0.2, -0.15) is 0 Å². The van der Waals surface area contributed by atoms with E-state index in [0.29, 0.717) is 19.4 Å². The van der Waals surface area contributed by atoms with E-state index in [9.17, 15) is 8.78 Å². The Hall–Kier alpha value is -0.180.